The van der Waals surface area contributed by atoms with E-state index in [9.17, 15) is 19.8 Å². The van der Waals surface area contributed by atoms with Crippen molar-refractivity contribution in [1.29, 1.82) is 0 Å². The Morgan fingerprint density at radius 2 is 1.11 bits per heavy atom. The second kappa shape index (κ2) is 10.2. The summed E-state index contributed by atoms with van der Waals surface area (Å²) in [7, 11) is 4.39. The third kappa shape index (κ3) is 4.34. The monoisotopic (exact) mass is 484 g/mol. The lowest BCUT2D eigenvalue weighted by Crippen LogP contribution is -2.32. The first-order valence-corrected chi connectivity index (χ1v) is 11.3. The standard InChI is InChI=1S/C26H32N2O7/c1-8-27-14(3)10-17(29)23(25(27)31)22(24-18(30)11-15(4)28(9-2)26(24)32)16-12-20(34-6)21(35-7)13-19(16)33-5/h10-13,22,29-30H,8-9H2,1-7H3. The lowest BCUT2D eigenvalue weighted by atomic mass is 9.84. The molecule has 188 valence electrons. The van der Waals surface area contributed by atoms with Crippen molar-refractivity contribution in [2.24, 2.45) is 0 Å². The quantitative estimate of drug-likeness (QED) is 0.505. The average molecular weight is 485 g/mol. The van der Waals surface area contributed by atoms with Gasteiger partial charge in [0.05, 0.1) is 38.4 Å². The predicted molar refractivity (Wildman–Crippen MR) is 133 cm³/mol. The minimum atomic E-state index is -1.17. The van der Waals surface area contributed by atoms with Gasteiger partial charge in [0.1, 0.15) is 17.2 Å². The van der Waals surface area contributed by atoms with E-state index in [2.05, 4.69) is 0 Å². The van der Waals surface area contributed by atoms with Crippen molar-refractivity contribution < 1.29 is 24.4 Å². The SMILES string of the molecule is CCn1c(C)cc(O)c(C(c2cc(OC)c(OC)cc2OC)c2c(O)cc(C)n(CC)c2=O)c1=O. The van der Waals surface area contributed by atoms with Crippen LogP contribution in [-0.4, -0.2) is 40.7 Å². The van der Waals surface area contributed by atoms with E-state index in [1.807, 2.05) is 13.8 Å². The molecule has 0 fully saturated rings. The molecule has 0 bridgehead atoms. The number of benzene rings is 1. The topological polar surface area (TPSA) is 112 Å². The second-order valence-corrected chi connectivity index (χ2v) is 8.15. The van der Waals surface area contributed by atoms with Crippen LogP contribution >= 0.6 is 0 Å². The Kier molecular flexibility index (Phi) is 7.48. The van der Waals surface area contributed by atoms with E-state index < -0.39 is 17.0 Å². The van der Waals surface area contributed by atoms with E-state index in [1.54, 1.807) is 26.0 Å². The maximum absolute atomic E-state index is 13.7. The first-order valence-electron chi connectivity index (χ1n) is 11.3. The largest absolute Gasteiger partial charge is 0.507 e. The van der Waals surface area contributed by atoms with Crippen molar-refractivity contribution in [2.45, 2.75) is 46.7 Å². The van der Waals surface area contributed by atoms with Crippen LogP contribution in [0.2, 0.25) is 0 Å². The van der Waals surface area contributed by atoms with E-state index in [4.69, 9.17) is 14.2 Å². The van der Waals surface area contributed by atoms with E-state index in [1.165, 1.54) is 42.6 Å². The van der Waals surface area contributed by atoms with E-state index in [0.717, 1.165) is 0 Å². The van der Waals surface area contributed by atoms with Crippen molar-refractivity contribution in [3.8, 4) is 28.7 Å². The molecule has 0 unspecified atom stereocenters. The summed E-state index contributed by atoms with van der Waals surface area (Å²) in [5.41, 5.74) is 0.419. The Morgan fingerprint density at radius 1 is 0.714 bits per heavy atom. The summed E-state index contributed by atoms with van der Waals surface area (Å²) < 4.78 is 19.5. The Balaban J connectivity index is 2.58. The van der Waals surface area contributed by atoms with Gasteiger partial charge in [0.25, 0.3) is 11.1 Å². The van der Waals surface area contributed by atoms with Gasteiger partial charge in [-0.2, -0.15) is 0 Å². The van der Waals surface area contributed by atoms with E-state index in [-0.39, 0.29) is 28.4 Å². The van der Waals surface area contributed by atoms with Crippen molar-refractivity contribution >= 4 is 0 Å². The van der Waals surface area contributed by atoms with Crippen LogP contribution in [0.4, 0.5) is 0 Å². The number of aryl methyl sites for hydroxylation is 2. The molecule has 0 aliphatic carbocycles. The molecule has 9 nitrogen and oxygen atoms in total. The van der Waals surface area contributed by atoms with E-state index in [0.29, 0.717) is 41.5 Å². The lowest BCUT2D eigenvalue weighted by Gasteiger charge is -2.25. The number of hydrogen-bond acceptors (Lipinski definition) is 7. The van der Waals surface area contributed by atoms with Crippen molar-refractivity contribution in [3.63, 3.8) is 0 Å². The summed E-state index contributed by atoms with van der Waals surface area (Å²) in [6.07, 6.45) is 0. The maximum Gasteiger partial charge on any atom is 0.258 e. The van der Waals surface area contributed by atoms with Crippen LogP contribution in [0.15, 0.2) is 33.9 Å². The fraction of sp³-hybridized carbons (Fsp3) is 0.385. The normalized spacial score (nSPS) is 11.1. The highest BCUT2D eigenvalue weighted by molar-refractivity contribution is 5.60. The molecule has 0 saturated carbocycles. The van der Waals surface area contributed by atoms with Gasteiger partial charge < -0.3 is 33.6 Å². The Labute approximate surface area is 203 Å². The van der Waals surface area contributed by atoms with Gasteiger partial charge in [-0.05, 0) is 45.9 Å². The molecule has 3 aromatic rings. The van der Waals surface area contributed by atoms with Gasteiger partial charge in [-0.15, -0.1) is 0 Å². The maximum atomic E-state index is 13.7. The molecule has 9 heteroatoms. The van der Waals surface area contributed by atoms with Crippen LogP contribution in [0.3, 0.4) is 0 Å². The second-order valence-electron chi connectivity index (χ2n) is 8.15. The average Bonchev–Trinajstić information content (AvgIpc) is 2.82. The van der Waals surface area contributed by atoms with Gasteiger partial charge in [0.15, 0.2) is 11.5 Å². The predicted octanol–water partition coefficient (Wildman–Crippen LogP) is 3.28. The van der Waals surface area contributed by atoms with Gasteiger partial charge in [-0.3, -0.25) is 9.59 Å². The molecule has 2 heterocycles. The third-order valence-electron chi connectivity index (χ3n) is 6.30. The minimum absolute atomic E-state index is 0.0538. The molecule has 0 aliphatic heterocycles. The molecule has 0 radical (unpaired) electrons. The Hall–Kier alpha value is -3.88. The number of pyridine rings is 2. The van der Waals surface area contributed by atoms with Crippen LogP contribution < -0.4 is 25.3 Å². The zero-order valence-corrected chi connectivity index (χ0v) is 21.1. The fourth-order valence-electron chi connectivity index (χ4n) is 4.60. The molecular formula is C26H32N2O7. The molecular weight excluding hydrogens is 452 g/mol. The van der Waals surface area contributed by atoms with Gasteiger partial charge >= 0.3 is 0 Å². The smallest absolute Gasteiger partial charge is 0.258 e. The zero-order chi connectivity index (χ0) is 26.0. The Bertz CT molecular complexity index is 1300. The molecule has 0 spiro atoms. The summed E-state index contributed by atoms with van der Waals surface area (Å²) in [6.45, 7) is 7.77. The number of methoxy groups -OCH3 is 3. The van der Waals surface area contributed by atoms with Gasteiger partial charge in [-0.1, -0.05) is 0 Å². The first-order chi connectivity index (χ1) is 16.6. The fourth-order valence-corrected chi connectivity index (χ4v) is 4.60. The van der Waals surface area contributed by atoms with Gasteiger partial charge in [0.2, 0.25) is 0 Å². The number of aromatic nitrogens is 2. The molecule has 0 atom stereocenters. The molecule has 1 aromatic carbocycles. The van der Waals surface area contributed by atoms with Crippen molar-refractivity contribution in [1.82, 2.24) is 9.13 Å². The summed E-state index contributed by atoms with van der Waals surface area (Å²) in [6, 6.07) is 6.12. The number of nitrogens with zero attached hydrogens (tertiary/aromatic N) is 2. The van der Waals surface area contributed by atoms with Crippen molar-refractivity contribution in [2.75, 3.05) is 21.3 Å². The van der Waals surface area contributed by atoms with E-state index >= 15 is 0 Å². The minimum Gasteiger partial charge on any atom is -0.507 e. The van der Waals surface area contributed by atoms with Gasteiger partial charge in [0, 0.05) is 36.1 Å². The summed E-state index contributed by atoms with van der Waals surface area (Å²) in [5.74, 6) is -0.745. The van der Waals surface area contributed by atoms with Crippen LogP contribution in [0.25, 0.3) is 0 Å². The van der Waals surface area contributed by atoms with Crippen molar-refractivity contribution in [3.05, 3.63) is 73.1 Å². The molecule has 0 amide bonds. The van der Waals surface area contributed by atoms with Crippen LogP contribution in [0, 0.1) is 13.8 Å². The molecule has 3 rings (SSSR count). The Morgan fingerprint density at radius 3 is 1.49 bits per heavy atom. The summed E-state index contributed by atoms with van der Waals surface area (Å²) in [4.78, 5) is 27.3. The zero-order valence-electron chi connectivity index (χ0n) is 21.1. The van der Waals surface area contributed by atoms with Gasteiger partial charge in [-0.25, -0.2) is 0 Å². The van der Waals surface area contributed by atoms with Crippen LogP contribution in [0.5, 0.6) is 28.7 Å². The highest BCUT2D eigenvalue weighted by Crippen LogP contribution is 2.45. The number of rotatable bonds is 8. The number of ether oxygens (including phenoxy) is 3. The molecule has 0 aliphatic rings. The lowest BCUT2D eigenvalue weighted by molar-refractivity contribution is 0.347. The molecule has 35 heavy (non-hydrogen) atoms. The summed E-state index contributed by atoms with van der Waals surface area (Å²) >= 11 is 0. The summed E-state index contributed by atoms with van der Waals surface area (Å²) in [5, 5.41) is 22.1. The number of aromatic hydroxyl groups is 2. The molecule has 2 aromatic heterocycles. The van der Waals surface area contributed by atoms with Crippen LogP contribution in [-0.2, 0) is 13.1 Å². The molecule has 0 saturated heterocycles. The highest BCUT2D eigenvalue weighted by Gasteiger charge is 2.33. The third-order valence-corrected chi connectivity index (χ3v) is 6.30. The highest BCUT2D eigenvalue weighted by atomic mass is 16.5. The molecule has 2 N–H and O–H groups in total. The first kappa shape index (κ1) is 25.7. The van der Waals surface area contributed by atoms with Crippen LogP contribution in [0.1, 0.15) is 47.8 Å². The number of hydrogen-bond donors (Lipinski definition) is 2.